The Labute approximate surface area is 175 Å². The highest BCUT2D eigenvalue weighted by molar-refractivity contribution is 6.01. The van der Waals surface area contributed by atoms with Gasteiger partial charge in [0, 0.05) is 34.6 Å². The molecule has 2 aromatic carbocycles. The number of carbonyl (C=O) groups is 1. The van der Waals surface area contributed by atoms with Crippen molar-refractivity contribution in [3.63, 3.8) is 0 Å². The zero-order valence-electron chi connectivity index (χ0n) is 17.1. The van der Waals surface area contributed by atoms with E-state index in [1.54, 1.807) is 12.1 Å². The molecular weight excluding hydrogens is 382 g/mol. The van der Waals surface area contributed by atoms with Crippen LogP contribution in [0.5, 0.6) is 5.75 Å². The van der Waals surface area contributed by atoms with Gasteiger partial charge in [0.15, 0.2) is 0 Å². The molecule has 6 heteroatoms. The zero-order chi connectivity index (χ0) is 21.9. The number of para-hydroxylation sites is 1. The Bertz CT molecular complexity index is 1060. The van der Waals surface area contributed by atoms with Gasteiger partial charge in [0.1, 0.15) is 5.75 Å². The lowest BCUT2D eigenvalue weighted by atomic mass is 10.0. The van der Waals surface area contributed by atoms with E-state index in [2.05, 4.69) is 30.5 Å². The lowest BCUT2D eigenvalue weighted by molar-refractivity contribution is -0.205. The van der Waals surface area contributed by atoms with E-state index in [1.807, 2.05) is 36.4 Å². The van der Waals surface area contributed by atoms with Gasteiger partial charge in [-0.2, -0.15) is 0 Å². The molecule has 4 N–H and O–H groups in total. The highest BCUT2D eigenvalue weighted by Gasteiger charge is 2.31. The number of aliphatic hydroxyl groups is 2. The fourth-order valence-electron chi connectivity index (χ4n) is 3.70. The quantitative estimate of drug-likeness (QED) is 0.323. The van der Waals surface area contributed by atoms with E-state index < -0.39 is 11.8 Å². The molecule has 3 aromatic rings. The fraction of sp³-hybridized carbons (Fsp3) is 0.292. The van der Waals surface area contributed by atoms with Crippen LogP contribution in [0.3, 0.4) is 0 Å². The summed E-state index contributed by atoms with van der Waals surface area (Å²) >= 11 is 0. The first-order valence-corrected chi connectivity index (χ1v) is 9.99. The van der Waals surface area contributed by atoms with Gasteiger partial charge >= 0.3 is 5.97 Å². The number of phenolic OH excluding ortho intramolecular Hbond substituents is 1. The Kier molecular flexibility index (Phi) is 6.29. The highest BCUT2D eigenvalue weighted by Crippen LogP contribution is 2.38. The molecule has 0 aliphatic rings. The number of hydrogen-bond acceptors (Lipinski definition) is 4. The first-order chi connectivity index (χ1) is 14.2. The number of fused-ring (bicyclic) bond motifs is 1. The Morgan fingerprint density at radius 3 is 2.40 bits per heavy atom. The maximum atomic E-state index is 10.8. The van der Waals surface area contributed by atoms with Crippen LogP contribution in [-0.2, 0) is 4.79 Å². The summed E-state index contributed by atoms with van der Waals surface area (Å²) in [6, 6.07) is 15.5. The minimum atomic E-state index is -2.70. The average molecular weight is 409 g/mol. The summed E-state index contributed by atoms with van der Waals surface area (Å²) < 4.78 is 2.24. The molecule has 0 bridgehead atoms. The van der Waals surface area contributed by atoms with Crippen molar-refractivity contribution in [1.82, 2.24) is 4.57 Å². The summed E-state index contributed by atoms with van der Waals surface area (Å²) in [5.41, 5.74) is 4.15. The second kappa shape index (κ2) is 8.73. The molecule has 3 rings (SSSR count). The monoisotopic (exact) mass is 409 g/mol. The van der Waals surface area contributed by atoms with Crippen LogP contribution in [0, 0.1) is 0 Å². The average Bonchev–Trinajstić information content (AvgIpc) is 3.02. The molecule has 0 saturated carbocycles. The molecule has 1 aromatic heterocycles. The predicted molar refractivity (Wildman–Crippen MR) is 117 cm³/mol. The summed E-state index contributed by atoms with van der Waals surface area (Å²) in [7, 11) is 0. The smallest absolute Gasteiger partial charge is 0.364 e. The van der Waals surface area contributed by atoms with Gasteiger partial charge in [-0.3, -0.25) is 0 Å². The second-order valence-corrected chi connectivity index (χ2v) is 7.70. The summed E-state index contributed by atoms with van der Waals surface area (Å²) in [5, 5.41) is 38.5. The van der Waals surface area contributed by atoms with E-state index in [4.69, 9.17) is 5.11 Å². The van der Waals surface area contributed by atoms with Crippen molar-refractivity contribution in [2.45, 2.75) is 44.9 Å². The van der Waals surface area contributed by atoms with Crippen molar-refractivity contribution in [2.24, 2.45) is 0 Å². The Hall–Kier alpha value is -3.09. The summed E-state index contributed by atoms with van der Waals surface area (Å²) in [6.45, 7) is 4.23. The number of rotatable bonds is 8. The van der Waals surface area contributed by atoms with Gasteiger partial charge in [-0.15, -0.1) is 0 Å². The molecule has 6 nitrogen and oxygen atoms in total. The molecule has 0 spiro atoms. The fourth-order valence-corrected chi connectivity index (χ4v) is 3.70. The summed E-state index contributed by atoms with van der Waals surface area (Å²) in [6.07, 6.45) is 4.51. The predicted octanol–water partition coefficient (Wildman–Crippen LogP) is 4.54. The Balaban J connectivity index is 2.00. The molecule has 0 amide bonds. The van der Waals surface area contributed by atoms with E-state index in [9.17, 15) is 20.1 Å². The molecule has 0 atom stereocenters. The van der Waals surface area contributed by atoms with E-state index >= 15 is 0 Å². The van der Waals surface area contributed by atoms with E-state index in [1.165, 1.54) is 0 Å². The molecule has 0 unspecified atom stereocenters. The highest BCUT2D eigenvalue weighted by atomic mass is 16.5. The SMILES string of the molecule is CC(C)n1c(/C=C/CCCC(O)(O)C(=O)O)c(-c2ccc(O)cc2)c2ccccc21. The third kappa shape index (κ3) is 4.40. The number of unbranched alkanes of at least 4 members (excludes halogenated alkanes) is 1. The maximum Gasteiger partial charge on any atom is 0.364 e. The number of phenols is 1. The van der Waals surface area contributed by atoms with Crippen LogP contribution >= 0.6 is 0 Å². The van der Waals surface area contributed by atoms with E-state index in [-0.39, 0.29) is 18.2 Å². The van der Waals surface area contributed by atoms with Crippen LogP contribution < -0.4 is 0 Å². The van der Waals surface area contributed by atoms with Gasteiger partial charge in [-0.1, -0.05) is 36.4 Å². The molecule has 0 radical (unpaired) electrons. The molecule has 0 aliphatic carbocycles. The number of carboxylic acid groups (broad SMARTS) is 1. The number of allylic oxidation sites excluding steroid dienone is 1. The summed E-state index contributed by atoms with van der Waals surface area (Å²) in [5.74, 6) is -4.13. The second-order valence-electron chi connectivity index (χ2n) is 7.70. The van der Waals surface area contributed by atoms with Gasteiger partial charge in [-0.05, 0) is 56.5 Å². The normalized spacial score (nSPS) is 12.3. The van der Waals surface area contributed by atoms with Crippen molar-refractivity contribution >= 4 is 22.9 Å². The van der Waals surface area contributed by atoms with Gasteiger partial charge < -0.3 is 25.0 Å². The largest absolute Gasteiger partial charge is 0.508 e. The van der Waals surface area contributed by atoms with Crippen LogP contribution in [0.15, 0.2) is 54.6 Å². The first-order valence-electron chi connectivity index (χ1n) is 9.99. The number of hydrogen-bond donors (Lipinski definition) is 4. The molecule has 0 fully saturated rings. The molecule has 30 heavy (non-hydrogen) atoms. The van der Waals surface area contributed by atoms with Crippen molar-refractivity contribution < 1.29 is 25.2 Å². The molecular formula is C24H27NO5. The number of carboxylic acids is 1. The van der Waals surface area contributed by atoms with Crippen LogP contribution in [0.1, 0.15) is 44.8 Å². The van der Waals surface area contributed by atoms with Crippen LogP contribution in [0.2, 0.25) is 0 Å². The minimum Gasteiger partial charge on any atom is -0.508 e. The van der Waals surface area contributed by atoms with Crippen molar-refractivity contribution in [2.75, 3.05) is 0 Å². The first kappa shape index (κ1) is 21.6. The number of benzene rings is 2. The molecule has 0 aliphatic heterocycles. The molecule has 158 valence electrons. The molecule has 1 heterocycles. The number of nitrogens with zero attached hydrogens (tertiary/aromatic N) is 1. The standard InChI is InChI=1S/C24H27NO5/c1-16(2)25-20-9-6-5-8-19(20)22(17-11-13-18(26)14-12-17)21(25)10-4-3-7-15-24(29,30)23(27)28/h4-6,8-14,16,26,29-30H,3,7,15H2,1-2H3,(H,27,28)/b10-4+. The minimum absolute atomic E-state index is 0.204. The maximum absolute atomic E-state index is 10.8. The zero-order valence-corrected chi connectivity index (χ0v) is 17.1. The van der Waals surface area contributed by atoms with E-state index in [0.29, 0.717) is 12.8 Å². The van der Waals surface area contributed by atoms with Crippen LogP contribution in [-0.4, -0.2) is 36.7 Å². The third-order valence-corrected chi connectivity index (χ3v) is 5.14. The van der Waals surface area contributed by atoms with Crippen LogP contribution in [0.25, 0.3) is 28.1 Å². The van der Waals surface area contributed by atoms with Gasteiger partial charge in [0.25, 0.3) is 5.79 Å². The number of aromatic hydroxyl groups is 1. The molecule has 0 saturated heterocycles. The third-order valence-electron chi connectivity index (χ3n) is 5.14. The van der Waals surface area contributed by atoms with Crippen LogP contribution in [0.4, 0.5) is 0 Å². The lowest BCUT2D eigenvalue weighted by Crippen LogP contribution is -2.37. The number of aromatic nitrogens is 1. The lowest BCUT2D eigenvalue weighted by Gasteiger charge is -2.15. The van der Waals surface area contributed by atoms with Crippen molar-refractivity contribution in [3.8, 4) is 16.9 Å². The Morgan fingerprint density at radius 2 is 1.77 bits per heavy atom. The topological polar surface area (TPSA) is 103 Å². The van der Waals surface area contributed by atoms with Gasteiger partial charge in [-0.25, -0.2) is 4.79 Å². The van der Waals surface area contributed by atoms with Crippen molar-refractivity contribution in [1.29, 1.82) is 0 Å². The van der Waals surface area contributed by atoms with Crippen molar-refractivity contribution in [3.05, 3.63) is 60.3 Å². The Morgan fingerprint density at radius 1 is 1.10 bits per heavy atom. The number of aliphatic carboxylic acids is 1. The van der Waals surface area contributed by atoms with Gasteiger partial charge in [0.05, 0.1) is 0 Å². The summed E-state index contributed by atoms with van der Waals surface area (Å²) in [4.78, 5) is 10.8. The van der Waals surface area contributed by atoms with Gasteiger partial charge in [0.2, 0.25) is 0 Å². The van der Waals surface area contributed by atoms with E-state index in [0.717, 1.165) is 27.7 Å².